The van der Waals surface area contributed by atoms with Gasteiger partial charge in [0.1, 0.15) is 5.69 Å². The number of thiazole rings is 1. The number of carbonyl (C=O) groups is 2. The van der Waals surface area contributed by atoms with Crippen LogP contribution in [0.15, 0.2) is 5.38 Å². The molecular weight excluding hydrogens is 292 g/mol. The second-order valence-electron chi connectivity index (χ2n) is 4.74. The molecule has 21 heavy (non-hydrogen) atoms. The molecule has 1 aromatic heterocycles. The molecule has 0 N–H and O–H groups in total. The van der Waals surface area contributed by atoms with Gasteiger partial charge in [0.2, 0.25) is 5.01 Å². The Hall–Kier alpha value is -1.47. The standard InChI is InChI=1S/C14H20N2O4S/c1-3-16(8-10-6-5-7-20-10)13(17)11-9-21-12(15-11)14(18)19-4-2/h9-10H,3-8H2,1-2H3. The predicted molar refractivity (Wildman–Crippen MR) is 78.6 cm³/mol. The van der Waals surface area contributed by atoms with Crippen molar-refractivity contribution in [1.82, 2.24) is 9.88 Å². The molecule has 1 amide bonds. The van der Waals surface area contributed by atoms with E-state index in [0.29, 0.717) is 25.4 Å². The SMILES string of the molecule is CCOC(=O)c1nc(C(=O)N(CC)CC2CCCO2)cs1. The Morgan fingerprint density at radius 3 is 2.95 bits per heavy atom. The van der Waals surface area contributed by atoms with Crippen molar-refractivity contribution in [3.05, 3.63) is 16.1 Å². The quantitative estimate of drug-likeness (QED) is 0.751. The molecule has 0 aliphatic carbocycles. The van der Waals surface area contributed by atoms with E-state index in [9.17, 15) is 9.59 Å². The summed E-state index contributed by atoms with van der Waals surface area (Å²) >= 11 is 1.13. The van der Waals surface area contributed by atoms with Crippen molar-refractivity contribution in [2.75, 3.05) is 26.3 Å². The maximum absolute atomic E-state index is 12.4. The zero-order valence-electron chi connectivity index (χ0n) is 12.3. The maximum Gasteiger partial charge on any atom is 0.367 e. The molecule has 1 atom stereocenters. The Morgan fingerprint density at radius 1 is 1.52 bits per heavy atom. The van der Waals surface area contributed by atoms with Gasteiger partial charge in [-0.05, 0) is 26.7 Å². The molecule has 2 rings (SSSR count). The topological polar surface area (TPSA) is 68.7 Å². The Balaban J connectivity index is 2.01. The van der Waals surface area contributed by atoms with Gasteiger partial charge in [0.05, 0.1) is 12.7 Å². The van der Waals surface area contributed by atoms with E-state index in [4.69, 9.17) is 9.47 Å². The summed E-state index contributed by atoms with van der Waals surface area (Å²) in [6, 6.07) is 0. The van der Waals surface area contributed by atoms with Crippen LogP contribution in [0.4, 0.5) is 0 Å². The molecule has 1 fully saturated rings. The summed E-state index contributed by atoms with van der Waals surface area (Å²) in [5.41, 5.74) is 0.294. The number of hydrogen-bond acceptors (Lipinski definition) is 6. The van der Waals surface area contributed by atoms with Crippen LogP contribution in [-0.4, -0.2) is 54.2 Å². The molecule has 1 aliphatic rings. The first-order valence-electron chi connectivity index (χ1n) is 7.19. The van der Waals surface area contributed by atoms with Crippen LogP contribution in [0.3, 0.4) is 0 Å². The molecule has 7 heteroatoms. The molecule has 6 nitrogen and oxygen atoms in total. The monoisotopic (exact) mass is 312 g/mol. The second-order valence-corrected chi connectivity index (χ2v) is 5.60. The maximum atomic E-state index is 12.4. The Bertz CT molecular complexity index is 497. The van der Waals surface area contributed by atoms with Crippen molar-refractivity contribution in [1.29, 1.82) is 0 Å². The average Bonchev–Trinajstić information content (AvgIpc) is 3.15. The first kappa shape index (κ1) is 15.9. The summed E-state index contributed by atoms with van der Waals surface area (Å²) < 4.78 is 10.4. The lowest BCUT2D eigenvalue weighted by molar-refractivity contribution is 0.0522. The van der Waals surface area contributed by atoms with E-state index >= 15 is 0 Å². The number of nitrogens with zero attached hydrogens (tertiary/aromatic N) is 2. The molecule has 0 radical (unpaired) electrons. The summed E-state index contributed by atoms with van der Waals surface area (Å²) in [5, 5.41) is 1.82. The number of amides is 1. The molecule has 1 unspecified atom stereocenters. The van der Waals surface area contributed by atoms with Gasteiger partial charge in [-0.2, -0.15) is 0 Å². The van der Waals surface area contributed by atoms with Gasteiger partial charge in [-0.1, -0.05) is 0 Å². The fraction of sp³-hybridized carbons (Fsp3) is 0.643. The van der Waals surface area contributed by atoms with Gasteiger partial charge >= 0.3 is 5.97 Å². The van der Waals surface area contributed by atoms with E-state index in [0.717, 1.165) is 30.8 Å². The fourth-order valence-corrected chi connectivity index (χ4v) is 2.89. The van der Waals surface area contributed by atoms with Gasteiger partial charge < -0.3 is 14.4 Å². The van der Waals surface area contributed by atoms with Crippen molar-refractivity contribution in [2.45, 2.75) is 32.8 Å². The summed E-state index contributed by atoms with van der Waals surface area (Å²) in [6.07, 6.45) is 2.13. The third kappa shape index (κ3) is 4.01. The van der Waals surface area contributed by atoms with Gasteiger partial charge in [-0.15, -0.1) is 11.3 Å². The number of rotatable bonds is 6. The Kier molecular flexibility index (Phi) is 5.69. The fourth-order valence-electron chi connectivity index (χ4n) is 2.21. The zero-order valence-corrected chi connectivity index (χ0v) is 13.1. The van der Waals surface area contributed by atoms with Gasteiger partial charge in [0.15, 0.2) is 0 Å². The highest BCUT2D eigenvalue weighted by molar-refractivity contribution is 7.11. The van der Waals surface area contributed by atoms with E-state index in [1.54, 1.807) is 17.2 Å². The van der Waals surface area contributed by atoms with Crippen molar-refractivity contribution < 1.29 is 19.1 Å². The lowest BCUT2D eigenvalue weighted by atomic mass is 10.2. The van der Waals surface area contributed by atoms with Crippen LogP contribution in [0, 0.1) is 0 Å². The molecular formula is C14H20N2O4S. The largest absolute Gasteiger partial charge is 0.461 e. The Morgan fingerprint density at radius 2 is 2.33 bits per heavy atom. The molecule has 1 aliphatic heterocycles. The minimum Gasteiger partial charge on any atom is -0.461 e. The smallest absolute Gasteiger partial charge is 0.367 e. The molecule has 2 heterocycles. The van der Waals surface area contributed by atoms with E-state index in [2.05, 4.69) is 4.98 Å². The summed E-state index contributed by atoms with van der Waals surface area (Å²) in [6.45, 7) is 5.87. The van der Waals surface area contributed by atoms with Gasteiger partial charge in [0.25, 0.3) is 5.91 Å². The molecule has 0 bridgehead atoms. The van der Waals surface area contributed by atoms with E-state index < -0.39 is 5.97 Å². The summed E-state index contributed by atoms with van der Waals surface area (Å²) in [4.78, 5) is 29.8. The number of likely N-dealkylation sites (N-methyl/N-ethyl adjacent to an activating group) is 1. The number of ether oxygens (including phenoxy) is 2. The highest BCUT2D eigenvalue weighted by atomic mass is 32.1. The van der Waals surface area contributed by atoms with E-state index in [-0.39, 0.29) is 17.0 Å². The van der Waals surface area contributed by atoms with Crippen LogP contribution in [0.2, 0.25) is 0 Å². The molecule has 116 valence electrons. The summed E-state index contributed by atoms with van der Waals surface area (Å²) in [5.74, 6) is -0.650. The molecule has 1 saturated heterocycles. The second kappa shape index (κ2) is 7.51. The van der Waals surface area contributed by atoms with Crippen LogP contribution < -0.4 is 0 Å². The minimum absolute atomic E-state index is 0.108. The molecule has 0 saturated carbocycles. The molecule has 0 aromatic carbocycles. The number of hydrogen-bond donors (Lipinski definition) is 0. The predicted octanol–water partition coefficient (Wildman–Crippen LogP) is 1.96. The van der Waals surface area contributed by atoms with Crippen LogP contribution in [0.1, 0.15) is 47.0 Å². The lowest BCUT2D eigenvalue weighted by Crippen LogP contribution is -2.37. The van der Waals surface area contributed by atoms with Gasteiger partial charge in [-0.3, -0.25) is 4.79 Å². The Labute approximate surface area is 128 Å². The first-order valence-corrected chi connectivity index (χ1v) is 8.07. The van der Waals surface area contributed by atoms with Crippen LogP contribution >= 0.6 is 11.3 Å². The van der Waals surface area contributed by atoms with Crippen LogP contribution in [0.5, 0.6) is 0 Å². The van der Waals surface area contributed by atoms with Gasteiger partial charge in [0, 0.05) is 25.1 Å². The highest BCUT2D eigenvalue weighted by Gasteiger charge is 2.24. The number of aromatic nitrogens is 1. The van der Waals surface area contributed by atoms with E-state index in [1.807, 2.05) is 6.92 Å². The van der Waals surface area contributed by atoms with E-state index in [1.165, 1.54) is 0 Å². The van der Waals surface area contributed by atoms with Crippen LogP contribution in [-0.2, 0) is 9.47 Å². The van der Waals surface area contributed by atoms with Crippen LogP contribution in [0.25, 0.3) is 0 Å². The zero-order chi connectivity index (χ0) is 15.2. The third-order valence-electron chi connectivity index (χ3n) is 3.29. The first-order chi connectivity index (χ1) is 10.2. The third-order valence-corrected chi connectivity index (χ3v) is 4.11. The minimum atomic E-state index is -0.483. The van der Waals surface area contributed by atoms with Crippen molar-refractivity contribution in [3.63, 3.8) is 0 Å². The number of esters is 1. The van der Waals surface area contributed by atoms with Crippen molar-refractivity contribution in [3.8, 4) is 0 Å². The number of carbonyl (C=O) groups excluding carboxylic acids is 2. The van der Waals surface area contributed by atoms with Crippen molar-refractivity contribution >= 4 is 23.2 Å². The normalized spacial score (nSPS) is 17.7. The van der Waals surface area contributed by atoms with Crippen molar-refractivity contribution in [2.24, 2.45) is 0 Å². The summed E-state index contributed by atoms with van der Waals surface area (Å²) in [7, 11) is 0. The highest BCUT2D eigenvalue weighted by Crippen LogP contribution is 2.17. The average molecular weight is 312 g/mol. The van der Waals surface area contributed by atoms with Gasteiger partial charge in [-0.25, -0.2) is 9.78 Å². The molecule has 0 spiro atoms. The molecule has 1 aromatic rings. The lowest BCUT2D eigenvalue weighted by Gasteiger charge is -2.23.